The third kappa shape index (κ3) is 3.67. The van der Waals surface area contributed by atoms with Crippen LogP contribution in [0, 0.1) is 0 Å². The molecule has 0 fully saturated rings. The van der Waals surface area contributed by atoms with E-state index in [1.807, 2.05) is 6.07 Å². The van der Waals surface area contributed by atoms with Crippen LogP contribution in [0.5, 0.6) is 11.5 Å². The standard InChI is InChI=1S/C20H16N2O5/c1-12(23)21-15-5-3-14(4-6-15)19-22-16(20(24)27-19)10-13-2-7-17-18(11-13)26-9-8-25-17/h2-7,10-11H,8-9H2,1H3,(H,21,23)/b16-10-. The van der Waals surface area contributed by atoms with Gasteiger partial charge in [0.2, 0.25) is 11.8 Å². The van der Waals surface area contributed by atoms with Gasteiger partial charge in [0.15, 0.2) is 17.2 Å². The van der Waals surface area contributed by atoms with Crippen molar-refractivity contribution in [3.63, 3.8) is 0 Å². The summed E-state index contributed by atoms with van der Waals surface area (Å²) in [5.41, 5.74) is 2.26. The Balaban J connectivity index is 1.57. The Morgan fingerprint density at radius 2 is 1.81 bits per heavy atom. The van der Waals surface area contributed by atoms with Crippen molar-refractivity contribution in [3.05, 3.63) is 59.3 Å². The van der Waals surface area contributed by atoms with Crippen LogP contribution >= 0.6 is 0 Å². The number of aliphatic imine (C=N–C) groups is 1. The van der Waals surface area contributed by atoms with Crippen LogP contribution in [0.15, 0.2) is 53.2 Å². The topological polar surface area (TPSA) is 86.2 Å². The molecule has 0 bridgehead atoms. The summed E-state index contributed by atoms with van der Waals surface area (Å²) in [6, 6.07) is 12.3. The molecule has 4 rings (SSSR count). The lowest BCUT2D eigenvalue weighted by atomic mass is 10.1. The number of anilines is 1. The quantitative estimate of drug-likeness (QED) is 0.669. The van der Waals surface area contributed by atoms with Crippen LogP contribution in [0.1, 0.15) is 18.1 Å². The van der Waals surface area contributed by atoms with Crippen LogP contribution in [0.2, 0.25) is 0 Å². The van der Waals surface area contributed by atoms with Crippen molar-refractivity contribution in [1.29, 1.82) is 0 Å². The predicted octanol–water partition coefficient (Wildman–Crippen LogP) is 2.76. The molecule has 136 valence electrons. The van der Waals surface area contributed by atoms with Gasteiger partial charge in [0.25, 0.3) is 0 Å². The molecule has 7 nitrogen and oxygen atoms in total. The number of ether oxygens (including phenoxy) is 3. The van der Waals surface area contributed by atoms with E-state index in [-0.39, 0.29) is 17.5 Å². The lowest BCUT2D eigenvalue weighted by molar-refractivity contribution is -0.129. The minimum absolute atomic E-state index is 0.156. The molecular formula is C20H16N2O5. The highest BCUT2D eigenvalue weighted by Gasteiger charge is 2.24. The van der Waals surface area contributed by atoms with Gasteiger partial charge in [0, 0.05) is 18.2 Å². The van der Waals surface area contributed by atoms with Gasteiger partial charge in [-0.25, -0.2) is 9.79 Å². The number of carbonyl (C=O) groups is 2. The summed E-state index contributed by atoms with van der Waals surface area (Å²) >= 11 is 0. The van der Waals surface area contributed by atoms with Crippen molar-refractivity contribution in [2.75, 3.05) is 18.5 Å². The van der Waals surface area contributed by atoms with E-state index in [1.54, 1.807) is 42.5 Å². The normalized spacial score (nSPS) is 16.7. The largest absolute Gasteiger partial charge is 0.486 e. The van der Waals surface area contributed by atoms with Gasteiger partial charge in [0.1, 0.15) is 13.2 Å². The van der Waals surface area contributed by atoms with Crippen LogP contribution < -0.4 is 14.8 Å². The third-order valence-electron chi connectivity index (χ3n) is 3.94. The number of esters is 1. The van der Waals surface area contributed by atoms with Crippen molar-refractivity contribution in [2.24, 2.45) is 4.99 Å². The zero-order valence-electron chi connectivity index (χ0n) is 14.5. The summed E-state index contributed by atoms with van der Waals surface area (Å²) in [5, 5.41) is 2.68. The maximum absolute atomic E-state index is 12.1. The van der Waals surface area contributed by atoms with Crippen molar-refractivity contribution in [3.8, 4) is 11.5 Å². The van der Waals surface area contributed by atoms with E-state index in [2.05, 4.69) is 10.3 Å². The number of rotatable bonds is 3. The fraction of sp³-hybridized carbons (Fsp3) is 0.150. The molecule has 27 heavy (non-hydrogen) atoms. The Kier molecular flexibility index (Phi) is 4.33. The second-order valence-electron chi connectivity index (χ2n) is 6.00. The molecule has 2 heterocycles. The highest BCUT2D eigenvalue weighted by atomic mass is 16.6. The van der Waals surface area contributed by atoms with Gasteiger partial charge >= 0.3 is 5.97 Å². The molecule has 2 aromatic carbocycles. The first-order valence-electron chi connectivity index (χ1n) is 8.39. The molecule has 7 heteroatoms. The van der Waals surface area contributed by atoms with Gasteiger partial charge in [0.05, 0.1) is 0 Å². The highest BCUT2D eigenvalue weighted by molar-refractivity contribution is 6.13. The highest BCUT2D eigenvalue weighted by Crippen LogP contribution is 2.32. The molecule has 0 atom stereocenters. The molecule has 0 aliphatic carbocycles. The van der Waals surface area contributed by atoms with Crippen molar-refractivity contribution in [1.82, 2.24) is 0 Å². The molecule has 1 N–H and O–H groups in total. The van der Waals surface area contributed by atoms with E-state index >= 15 is 0 Å². The Morgan fingerprint density at radius 3 is 2.56 bits per heavy atom. The first kappa shape index (κ1) is 16.8. The number of cyclic esters (lactones) is 1. The first-order chi connectivity index (χ1) is 13.1. The minimum Gasteiger partial charge on any atom is -0.486 e. The zero-order chi connectivity index (χ0) is 18.8. The van der Waals surface area contributed by atoms with Crippen molar-refractivity contribution >= 4 is 29.5 Å². The SMILES string of the molecule is CC(=O)Nc1ccc(C2=N/C(=C\c3ccc4c(c3)OCCO4)C(=O)O2)cc1. The third-order valence-corrected chi connectivity index (χ3v) is 3.94. The summed E-state index contributed by atoms with van der Waals surface area (Å²) in [6.07, 6.45) is 1.64. The molecular weight excluding hydrogens is 348 g/mol. The van der Waals surface area contributed by atoms with Gasteiger partial charge in [-0.15, -0.1) is 0 Å². The monoisotopic (exact) mass is 364 g/mol. The zero-order valence-corrected chi connectivity index (χ0v) is 14.5. The lowest BCUT2D eigenvalue weighted by Gasteiger charge is -2.18. The predicted molar refractivity (Wildman–Crippen MR) is 98.8 cm³/mol. The summed E-state index contributed by atoms with van der Waals surface area (Å²) in [4.78, 5) is 27.5. The first-order valence-corrected chi connectivity index (χ1v) is 8.39. The second-order valence-corrected chi connectivity index (χ2v) is 6.00. The molecule has 1 amide bonds. The van der Waals surface area contributed by atoms with E-state index in [0.717, 1.165) is 5.56 Å². The number of fused-ring (bicyclic) bond motifs is 1. The van der Waals surface area contributed by atoms with Gasteiger partial charge in [-0.2, -0.15) is 0 Å². The number of benzene rings is 2. The Labute approximate surface area is 155 Å². The summed E-state index contributed by atoms with van der Waals surface area (Å²) in [7, 11) is 0. The van der Waals surface area contributed by atoms with Crippen LogP contribution in [-0.4, -0.2) is 31.0 Å². The number of amides is 1. The van der Waals surface area contributed by atoms with Crippen LogP contribution in [0.25, 0.3) is 6.08 Å². The summed E-state index contributed by atoms with van der Waals surface area (Å²) in [6.45, 7) is 2.45. The Morgan fingerprint density at radius 1 is 1.07 bits per heavy atom. The Hall–Kier alpha value is -3.61. The van der Waals surface area contributed by atoms with E-state index in [4.69, 9.17) is 14.2 Å². The molecule has 0 unspecified atom stereocenters. The molecule has 0 aromatic heterocycles. The van der Waals surface area contributed by atoms with Crippen molar-refractivity contribution in [2.45, 2.75) is 6.92 Å². The minimum atomic E-state index is -0.522. The van der Waals surface area contributed by atoms with Crippen LogP contribution in [0.3, 0.4) is 0 Å². The van der Waals surface area contributed by atoms with E-state index in [0.29, 0.717) is 36.0 Å². The maximum Gasteiger partial charge on any atom is 0.363 e. The fourth-order valence-corrected chi connectivity index (χ4v) is 2.74. The molecule has 2 aliphatic heterocycles. The molecule has 2 aliphatic rings. The van der Waals surface area contributed by atoms with Crippen molar-refractivity contribution < 1.29 is 23.8 Å². The fourth-order valence-electron chi connectivity index (χ4n) is 2.74. The Bertz CT molecular complexity index is 976. The molecule has 0 saturated heterocycles. The molecule has 0 saturated carbocycles. The van der Waals surface area contributed by atoms with Crippen LogP contribution in [-0.2, 0) is 14.3 Å². The van der Waals surface area contributed by atoms with Gasteiger partial charge in [-0.3, -0.25) is 4.79 Å². The van der Waals surface area contributed by atoms with E-state index < -0.39 is 5.97 Å². The number of nitrogens with one attached hydrogen (secondary N) is 1. The number of hydrogen-bond donors (Lipinski definition) is 1. The summed E-state index contributed by atoms with van der Waals surface area (Å²) in [5.74, 6) is 0.863. The van der Waals surface area contributed by atoms with Gasteiger partial charge in [-0.1, -0.05) is 6.07 Å². The average Bonchev–Trinajstić information content (AvgIpc) is 3.02. The van der Waals surface area contributed by atoms with Crippen LogP contribution in [0.4, 0.5) is 5.69 Å². The number of carbonyl (C=O) groups excluding carboxylic acids is 2. The molecule has 0 spiro atoms. The smallest absolute Gasteiger partial charge is 0.363 e. The van der Waals surface area contributed by atoms with Gasteiger partial charge < -0.3 is 19.5 Å². The second kappa shape index (κ2) is 6.95. The van der Waals surface area contributed by atoms with E-state index in [9.17, 15) is 9.59 Å². The molecule has 2 aromatic rings. The molecule has 0 radical (unpaired) electrons. The number of nitrogens with zero attached hydrogens (tertiary/aromatic N) is 1. The summed E-state index contributed by atoms with van der Waals surface area (Å²) < 4.78 is 16.3. The maximum atomic E-state index is 12.1. The lowest BCUT2D eigenvalue weighted by Crippen LogP contribution is -2.15. The average molecular weight is 364 g/mol. The van der Waals surface area contributed by atoms with Gasteiger partial charge in [-0.05, 0) is 48.0 Å². The van der Waals surface area contributed by atoms with E-state index in [1.165, 1.54) is 6.92 Å². The number of hydrogen-bond acceptors (Lipinski definition) is 6.